The van der Waals surface area contributed by atoms with E-state index in [4.69, 9.17) is 0 Å². The Labute approximate surface area is 82.8 Å². The smallest absolute Gasteiger partial charge is 0.138 e. The summed E-state index contributed by atoms with van der Waals surface area (Å²) in [5, 5.41) is 3.22. The third-order valence-electron chi connectivity index (χ3n) is 1.96. The number of fused-ring (bicyclic) bond motifs is 1. The lowest BCUT2D eigenvalue weighted by molar-refractivity contribution is 1.15. The van der Waals surface area contributed by atoms with Gasteiger partial charge in [0.2, 0.25) is 0 Å². The fourth-order valence-electron chi connectivity index (χ4n) is 1.31. The summed E-state index contributed by atoms with van der Waals surface area (Å²) < 4.78 is 2.00. The fourth-order valence-corrected chi connectivity index (χ4v) is 1.31. The molecule has 2 rings (SSSR count). The summed E-state index contributed by atoms with van der Waals surface area (Å²) in [4.78, 5) is 4.19. The third kappa shape index (κ3) is 1.55. The summed E-state index contributed by atoms with van der Waals surface area (Å²) in [5.41, 5.74) is 0.944. The van der Waals surface area contributed by atoms with Crippen molar-refractivity contribution in [1.29, 1.82) is 0 Å². The maximum atomic E-state index is 4.19. The van der Waals surface area contributed by atoms with Gasteiger partial charge in [0.15, 0.2) is 0 Å². The van der Waals surface area contributed by atoms with Crippen molar-refractivity contribution in [2.75, 3.05) is 11.9 Å². The lowest BCUT2D eigenvalue weighted by Crippen LogP contribution is -2.03. The summed E-state index contributed by atoms with van der Waals surface area (Å²) in [6.45, 7) is 2.49. The predicted molar refractivity (Wildman–Crippen MR) is 57.1 cm³/mol. The van der Waals surface area contributed by atoms with Gasteiger partial charge in [-0.2, -0.15) is 0 Å². The van der Waals surface area contributed by atoms with E-state index in [-0.39, 0.29) is 0 Å². The standard InChI is InChI=1S/C11H11N3/c1-2-3-7-12-10-5-4-6-11-13-8-9-14(10)11/h4-6,8-9,12H,7H2,1H3. The molecule has 14 heavy (non-hydrogen) atoms. The molecule has 0 spiro atoms. The van der Waals surface area contributed by atoms with Gasteiger partial charge in [-0.1, -0.05) is 12.0 Å². The summed E-state index contributed by atoms with van der Waals surface area (Å²) in [6, 6.07) is 5.95. The highest BCUT2D eigenvalue weighted by molar-refractivity contribution is 5.50. The number of hydrogen-bond donors (Lipinski definition) is 1. The average Bonchev–Trinajstić information content (AvgIpc) is 2.67. The Balaban J connectivity index is 2.30. The van der Waals surface area contributed by atoms with Gasteiger partial charge in [0.25, 0.3) is 0 Å². The number of imidazole rings is 1. The molecule has 0 bridgehead atoms. The molecule has 0 aliphatic carbocycles. The molecule has 0 fully saturated rings. The molecule has 1 N–H and O–H groups in total. The summed E-state index contributed by atoms with van der Waals surface area (Å²) in [6.07, 6.45) is 3.71. The van der Waals surface area contributed by atoms with Crippen molar-refractivity contribution in [3.8, 4) is 11.8 Å². The van der Waals surface area contributed by atoms with Gasteiger partial charge >= 0.3 is 0 Å². The Morgan fingerprint density at radius 3 is 3.29 bits per heavy atom. The Morgan fingerprint density at radius 2 is 2.43 bits per heavy atom. The van der Waals surface area contributed by atoms with Crippen LogP contribution in [0.1, 0.15) is 6.92 Å². The average molecular weight is 185 g/mol. The van der Waals surface area contributed by atoms with E-state index >= 15 is 0 Å². The van der Waals surface area contributed by atoms with Crippen LogP contribution in [0.4, 0.5) is 5.82 Å². The molecule has 2 aromatic rings. The molecule has 3 nitrogen and oxygen atoms in total. The van der Waals surface area contributed by atoms with E-state index in [1.807, 2.05) is 35.7 Å². The van der Waals surface area contributed by atoms with E-state index in [0.29, 0.717) is 6.54 Å². The van der Waals surface area contributed by atoms with Gasteiger partial charge in [0.05, 0.1) is 6.54 Å². The minimum Gasteiger partial charge on any atom is -0.360 e. The summed E-state index contributed by atoms with van der Waals surface area (Å²) in [7, 11) is 0. The zero-order valence-corrected chi connectivity index (χ0v) is 7.99. The van der Waals surface area contributed by atoms with Crippen molar-refractivity contribution in [1.82, 2.24) is 9.38 Å². The predicted octanol–water partition coefficient (Wildman–Crippen LogP) is 1.77. The van der Waals surface area contributed by atoms with Crippen molar-refractivity contribution >= 4 is 11.5 Å². The van der Waals surface area contributed by atoms with Crippen LogP contribution in [-0.2, 0) is 0 Å². The number of nitrogens with one attached hydrogen (secondary N) is 1. The quantitative estimate of drug-likeness (QED) is 0.722. The Morgan fingerprint density at radius 1 is 1.50 bits per heavy atom. The molecule has 0 radical (unpaired) electrons. The highest BCUT2D eigenvalue weighted by atomic mass is 15.1. The van der Waals surface area contributed by atoms with E-state index in [0.717, 1.165) is 11.5 Å². The Kier molecular flexibility index (Phi) is 2.37. The van der Waals surface area contributed by atoms with E-state index in [1.54, 1.807) is 6.20 Å². The second-order valence-corrected chi connectivity index (χ2v) is 2.85. The number of nitrogens with zero attached hydrogens (tertiary/aromatic N) is 2. The first kappa shape index (κ1) is 8.64. The molecule has 0 saturated heterocycles. The maximum Gasteiger partial charge on any atom is 0.138 e. The van der Waals surface area contributed by atoms with Crippen LogP contribution in [0, 0.1) is 11.8 Å². The highest BCUT2D eigenvalue weighted by Gasteiger charge is 1.97. The number of hydrogen-bond acceptors (Lipinski definition) is 2. The topological polar surface area (TPSA) is 29.3 Å². The highest BCUT2D eigenvalue weighted by Crippen LogP contribution is 2.09. The molecule has 0 amide bonds. The second kappa shape index (κ2) is 3.84. The van der Waals surface area contributed by atoms with Gasteiger partial charge in [0.1, 0.15) is 11.5 Å². The zero-order chi connectivity index (χ0) is 9.80. The van der Waals surface area contributed by atoms with Crippen LogP contribution >= 0.6 is 0 Å². The first-order chi connectivity index (χ1) is 6.92. The van der Waals surface area contributed by atoms with Crippen LogP contribution in [0.15, 0.2) is 30.6 Å². The number of pyridine rings is 1. The SMILES string of the molecule is CC#CCNc1cccc2nccn12. The van der Waals surface area contributed by atoms with E-state index < -0.39 is 0 Å². The van der Waals surface area contributed by atoms with Gasteiger partial charge in [0, 0.05) is 12.4 Å². The third-order valence-corrected chi connectivity index (χ3v) is 1.96. The molecular formula is C11H11N3. The van der Waals surface area contributed by atoms with Crippen LogP contribution in [0.3, 0.4) is 0 Å². The molecule has 2 heterocycles. The fraction of sp³-hybridized carbons (Fsp3) is 0.182. The monoisotopic (exact) mass is 185 g/mol. The normalized spacial score (nSPS) is 9.50. The van der Waals surface area contributed by atoms with Crippen molar-refractivity contribution in [3.05, 3.63) is 30.6 Å². The number of aromatic nitrogens is 2. The molecule has 0 aliphatic heterocycles. The van der Waals surface area contributed by atoms with Gasteiger partial charge in [-0.15, -0.1) is 5.92 Å². The van der Waals surface area contributed by atoms with Gasteiger partial charge in [-0.25, -0.2) is 4.98 Å². The minimum atomic E-state index is 0.661. The lowest BCUT2D eigenvalue weighted by Gasteiger charge is -2.04. The van der Waals surface area contributed by atoms with E-state index in [1.165, 1.54) is 0 Å². The largest absolute Gasteiger partial charge is 0.360 e. The van der Waals surface area contributed by atoms with Gasteiger partial charge in [-0.05, 0) is 19.1 Å². The number of anilines is 1. The molecule has 0 atom stereocenters. The van der Waals surface area contributed by atoms with Gasteiger partial charge in [-0.3, -0.25) is 4.40 Å². The van der Waals surface area contributed by atoms with E-state index in [2.05, 4.69) is 22.1 Å². The Bertz CT molecular complexity index is 488. The first-order valence-corrected chi connectivity index (χ1v) is 4.47. The first-order valence-electron chi connectivity index (χ1n) is 4.47. The molecular weight excluding hydrogens is 174 g/mol. The lowest BCUT2D eigenvalue weighted by atomic mass is 10.4. The van der Waals surface area contributed by atoms with Crippen molar-refractivity contribution in [2.45, 2.75) is 6.92 Å². The molecule has 0 aliphatic rings. The molecule has 70 valence electrons. The summed E-state index contributed by atoms with van der Waals surface area (Å²) >= 11 is 0. The second-order valence-electron chi connectivity index (χ2n) is 2.85. The molecule has 0 saturated carbocycles. The molecule has 3 heteroatoms. The summed E-state index contributed by atoms with van der Waals surface area (Å²) in [5.74, 6) is 6.82. The van der Waals surface area contributed by atoms with Crippen LogP contribution in [0.5, 0.6) is 0 Å². The van der Waals surface area contributed by atoms with E-state index in [9.17, 15) is 0 Å². The molecule has 0 aromatic carbocycles. The zero-order valence-electron chi connectivity index (χ0n) is 7.99. The van der Waals surface area contributed by atoms with Crippen molar-refractivity contribution in [2.24, 2.45) is 0 Å². The Hall–Kier alpha value is -1.95. The van der Waals surface area contributed by atoms with Gasteiger partial charge < -0.3 is 5.32 Å². The number of rotatable bonds is 2. The molecule has 0 unspecified atom stereocenters. The van der Waals surface area contributed by atoms with Crippen LogP contribution < -0.4 is 5.32 Å². The molecule has 2 aromatic heterocycles. The van der Waals surface area contributed by atoms with Crippen LogP contribution in [-0.4, -0.2) is 15.9 Å². The van der Waals surface area contributed by atoms with Crippen LogP contribution in [0.25, 0.3) is 5.65 Å². The van der Waals surface area contributed by atoms with Crippen molar-refractivity contribution < 1.29 is 0 Å². The minimum absolute atomic E-state index is 0.661. The van der Waals surface area contributed by atoms with Crippen molar-refractivity contribution in [3.63, 3.8) is 0 Å². The maximum absolute atomic E-state index is 4.19. The van der Waals surface area contributed by atoms with Crippen LogP contribution in [0.2, 0.25) is 0 Å².